The number of rotatable bonds is 3. The van der Waals surface area contributed by atoms with E-state index in [1.165, 1.54) is 11.1 Å². The zero-order chi connectivity index (χ0) is 14.0. The molecule has 0 aromatic heterocycles. The highest BCUT2D eigenvalue weighted by atomic mass is 35.5. The molecule has 2 rings (SSSR count). The Morgan fingerprint density at radius 1 is 1.16 bits per heavy atom. The normalized spacial score (nSPS) is 12.2. The lowest BCUT2D eigenvalue weighted by atomic mass is 9.95. The molecule has 0 aliphatic heterocycles. The zero-order valence-electron chi connectivity index (χ0n) is 10.9. The molecule has 1 atom stereocenters. The van der Waals surface area contributed by atoms with Gasteiger partial charge in [-0.3, -0.25) is 4.79 Å². The Labute approximate surface area is 117 Å². The number of alkyl halides is 1. The van der Waals surface area contributed by atoms with Crippen molar-refractivity contribution >= 4 is 17.6 Å². The van der Waals surface area contributed by atoms with E-state index in [1.54, 1.807) is 6.07 Å². The summed E-state index contributed by atoms with van der Waals surface area (Å²) >= 11 is 5.87. The highest BCUT2D eigenvalue weighted by molar-refractivity contribution is 6.29. The molecule has 2 aromatic rings. The number of hydrogen-bond acceptors (Lipinski definition) is 1. The van der Waals surface area contributed by atoms with Gasteiger partial charge in [0.1, 0.15) is 0 Å². The van der Waals surface area contributed by atoms with Crippen LogP contribution in [0, 0.1) is 13.8 Å². The third-order valence-electron chi connectivity index (χ3n) is 3.31. The van der Waals surface area contributed by atoms with Crippen molar-refractivity contribution in [2.24, 2.45) is 0 Å². The molecular formula is C16H15ClO2. The van der Waals surface area contributed by atoms with Gasteiger partial charge >= 0.3 is 5.97 Å². The number of benzene rings is 2. The largest absolute Gasteiger partial charge is 0.480 e. The van der Waals surface area contributed by atoms with Crippen LogP contribution in [0.25, 0.3) is 11.1 Å². The van der Waals surface area contributed by atoms with Gasteiger partial charge in [-0.25, -0.2) is 0 Å². The van der Waals surface area contributed by atoms with Gasteiger partial charge in [-0.2, -0.15) is 0 Å². The minimum atomic E-state index is -1.03. The van der Waals surface area contributed by atoms with Crippen LogP contribution >= 0.6 is 11.6 Å². The van der Waals surface area contributed by atoms with Crippen LogP contribution in [0.1, 0.15) is 22.1 Å². The van der Waals surface area contributed by atoms with Crippen molar-refractivity contribution in [3.8, 4) is 11.1 Å². The van der Waals surface area contributed by atoms with Gasteiger partial charge in [0, 0.05) is 0 Å². The number of carboxylic acids is 1. The molecule has 1 N–H and O–H groups in total. The Hall–Kier alpha value is -1.80. The molecule has 0 saturated heterocycles. The molecule has 0 fully saturated rings. The lowest BCUT2D eigenvalue weighted by Crippen LogP contribution is -2.04. The average molecular weight is 275 g/mol. The minimum Gasteiger partial charge on any atom is -0.480 e. The second kappa shape index (κ2) is 5.45. The van der Waals surface area contributed by atoms with Crippen molar-refractivity contribution in [2.75, 3.05) is 0 Å². The third kappa shape index (κ3) is 2.79. The first-order valence-corrected chi connectivity index (χ1v) is 6.48. The topological polar surface area (TPSA) is 37.3 Å². The summed E-state index contributed by atoms with van der Waals surface area (Å²) in [5.74, 6) is -1.03. The molecular weight excluding hydrogens is 260 g/mol. The van der Waals surface area contributed by atoms with Crippen LogP contribution in [0.4, 0.5) is 0 Å². The monoisotopic (exact) mass is 274 g/mol. The van der Waals surface area contributed by atoms with Gasteiger partial charge in [-0.05, 0) is 47.7 Å². The molecule has 0 saturated carbocycles. The highest BCUT2D eigenvalue weighted by Crippen LogP contribution is 2.29. The summed E-state index contributed by atoms with van der Waals surface area (Å²) in [6, 6.07) is 13.5. The molecule has 0 aliphatic carbocycles. The van der Waals surface area contributed by atoms with Crippen molar-refractivity contribution in [1.29, 1.82) is 0 Å². The molecule has 0 bridgehead atoms. The van der Waals surface area contributed by atoms with E-state index in [-0.39, 0.29) is 0 Å². The second-order valence-corrected chi connectivity index (χ2v) is 5.01. The Morgan fingerprint density at radius 2 is 1.84 bits per heavy atom. The summed E-state index contributed by atoms with van der Waals surface area (Å²) in [6.45, 7) is 4.12. The molecule has 0 heterocycles. The van der Waals surface area contributed by atoms with Crippen LogP contribution in [-0.2, 0) is 4.79 Å². The van der Waals surface area contributed by atoms with Crippen molar-refractivity contribution in [2.45, 2.75) is 19.2 Å². The molecule has 0 aliphatic rings. The van der Waals surface area contributed by atoms with Crippen molar-refractivity contribution in [1.82, 2.24) is 0 Å². The van der Waals surface area contributed by atoms with Crippen molar-refractivity contribution in [3.63, 3.8) is 0 Å². The smallest absolute Gasteiger partial charge is 0.326 e. The van der Waals surface area contributed by atoms with E-state index >= 15 is 0 Å². The lowest BCUT2D eigenvalue weighted by Gasteiger charge is -2.11. The molecule has 2 nitrogen and oxygen atoms in total. The predicted octanol–water partition coefficient (Wildman–Crippen LogP) is 4.33. The summed E-state index contributed by atoms with van der Waals surface area (Å²) in [5.41, 5.74) is 5.11. The Balaban J connectivity index is 2.49. The fraction of sp³-hybridized carbons (Fsp3) is 0.188. The number of aryl methyl sites for hydroxylation is 1. The van der Waals surface area contributed by atoms with Crippen LogP contribution in [0.2, 0.25) is 0 Å². The minimum absolute atomic E-state index is 0.604. The number of aliphatic carboxylic acids is 1. The van der Waals surface area contributed by atoms with Crippen LogP contribution in [0.3, 0.4) is 0 Å². The fourth-order valence-corrected chi connectivity index (χ4v) is 2.21. The van der Waals surface area contributed by atoms with Gasteiger partial charge in [0.25, 0.3) is 0 Å². The van der Waals surface area contributed by atoms with Crippen molar-refractivity contribution in [3.05, 3.63) is 59.2 Å². The van der Waals surface area contributed by atoms with E-state index in [4.69, 9.17) is 16.7 Å². The maximum Gasteiger partial charge on any atom is 0.326 e. The van der Waals surface area contributed by atoms with E-state index in [1.807, 2.05) is 30.3 Å². The number of carboxylic acid groups (broad SMARTS) is 1. The summed E-state index contributed by atoms with van der Waals surface area (Å²) in [4.78, 5) is 10.9. The summed E-state index contributed by atoms with van der Waals surface area (Å²) in [7, 11) is 0. The third-order valence-corrected chi connectivity index (χ3v) is 3.75. The summed E-state index contributed by atoms with van der Waals surface area (Å²) in [6.07, 6.45) is 0. The van der Waals surface area contributed by atoms with E-state index in [0.29, 0.717) is 5.56 Å². The Bertz CT molecular complexity index is 620. The van der Waals surface area contributed by atoms with E-state index < -0.39 is 11.3 Å². The van der Waals surface area contributed by atoms with Gasteiger partial charge in [0.2, 0.25) is 0 Å². The van der Waals surface area contributed by atoms with E-state index in [9.17, 15) is 4.79 Å². The summed E-state index contributed by atoms with van der Waals surface area (Å²) < 4.78 is 0. The fourth-order valence-electron chi connectivity index (χ4n) is 2.07. The maximum atomic E-state index is 10.9. The molecule has 0 spiro atoms. The van der Waals surface area contributed by atoms with Crippen molar-refractivity contribution < 1.29 is 9.90 Å². The van der Waals surface area contributed by atoms with E-state index in [0.717, 1.165) is 11.1 Å². The highest BCUT2D eigenvalue weighted by Gasteiger charge is 2.16. The second-order valence-electron chi connectivity index (χ2n) is 4.57. The lowest BCUT2D eigenvalue weighted by molar-refractivity contribution is -0.136. The van der Waals surface area contributed by atoms with Crippen LogP contribution in [0.5, 0.6) is 0 Å². The predicted molar refractivity (Wildman–Crippen MR) is 77.6 cm³/mol. The quantitative estimate of drug-likeness (QED) is 0.846. The first-order chi connectivity index (χ1) is 9.00. The molecule has 98 valence electrons. The van der Waals surface area contributed by atoms with Gasteiger partial charge in [-0.15, -0.1) is 11.6 Å². The Morgan fingerprint density at radius 3 is 2.53 bits per heavy atom. The first kappa shape index (κ1) is 13.6. The van der Waals surface area contributed by atoms with Crippen LogP contribution < -0.4 is 0 Å². The van der Waals surface area contributed by atoms with Crippen LogP contribution in [-0.4, -0.2) is 11.1 Å². The molecule has 2 aromatic carbocycles. The van der Waals surface area contributed by atoms with Gasteiger partial charge in [-0.1, -0.05) is 36.4 Å². The Kier molecular flexibility index (Phi) is 3.91. The number of carbonyl (C=O) groups is 1. The standard InChI is InChI=1S/C16H15ClO2/c1-10-5-3-8-14(11(10)2)12-6-4-7-13(9-12)15(17)16(18)19/h3-9,15H,1-2H3,(H,18,19). The molecule has 19 heavy (non-hydrogen) atoms. The maximum absolute atomic E-state index is 10.9. The zero-order valence-corrected chi connectivity index (χ0v) is 11.6. The molecule has 3 heteroatoms. The van der Waals surface area contributed by atoms with Crippen LogP contribution in [0.15, 0.2) is 42.5 Å². The molecule has 0 amide bonds. The van der Waals surface area contributed by atoms with Gasteiger partial charge < -0.3 is 5.11 Å². The summed E-state index contributed by atoms with van der Waals surface area (Å²) in [5, 5.41) is 7.95. The average Bonchev–Trinajstić information content (AvgIpc) is 2.41. The first-order valence-electron chi connectivity index (χ1n) is 6.04. The number of halogens is 1. The molecule has 1 unspecified atom stereocenters. The van der Waals surface area contributed by atoms with Gasteiger partial charge in [0.15, 0.2) is 5.38 Å². The number of hydrogen-bond donors (Lipinski definition) is 1. The SMILES string of the molecule is Cc1cccc(-c2cccc(C(Cl)C(=O)O)c2)c1C. The molecule has 0 radical (unpaired) electrons. The van der Waals surface area contributed by atoms with Gasteiger partial charge in [0.05, 0.1) is 0 Å². The van der Waals surface area contributed by atoms with E-state index in [2.05, 4.69) is 19.9 Å².